The lowest BCUT2D eigenvalue weighted by atomic mass is 9.68. The molecule has 0 unspecified atom stereocenters. The third-order valence-corrected chi connectivity index (χ3v) is 26.4. The molecule has 3 aliphatic rings. The van der Waals surface area contributed by atoms with E-state index >= 15 is 0 Å². The Labute approximate surface area is 664 Å². The smallest absolute Gasteiger partial charge is 0.143 e. The average Bonchev–Trinajstić information content (AvgIpc) is 1.53. The van der Waals surface area contributed by atoms with Crippen LogP contribution in [0.4, 0.5) is 34.1 Å². The molecule has 2 aromatic heterocycles. The lowest BCUT2D eigenvalue weighted by Crippen LogP contribution is -2.27. The molecule has 3 aliphatic carbocycles. The van der Waals surface area contributed by atoms with Gasteiger partial charge in [0.1, 0.15) is 22.3 Å². The molecule has 16 rings (SSSR count). The molecule has 0 fully saturated rings. The van der Waals surface area contributed by atoms with Gasteiger partial charge in [-0.05, 0) is 218 Å². The monoisotopic (exact) mass is 1460 g/mol. The van der Waals surface area contributed by atoms with Crippen molar-refractivity contribution in [3.63, 3.8) is 0 Å². The van der Waals surface area contributed by atoms with Crippen molar-refractivity contribution in [2.24, 2.45) is 0 Å². The van der Waals surface area contributed by atoms with Gasteiger partial charge in [-0.15, -0.1) is 0 Å². The van der Waals surface area contributed by atoms with Crippen LogP contribution in [0.3, 0.4) is 0 Å². The SMILES string of the molecule is CCCCCCCCC1(CCCCCCCC)c2cc(N(c3ccc(N(c4ccccc4)c4ccccc4)cc3)c3ccc4c(c3)C(C)(C)c3cc(-c5ccc(C(C)(C)C)cc5)c5oc6ccccc6c5c3-4)ccc2-c2cc3c(cc21)-c1c(ccc2oc4ccccc4c12)C3(CCCCCCCC)CCCCCCCC. The summed E-state index contributed by atoms with van der Waals surface area (Å²) in [5.74, 6) is 0. The van der Waals surface area contributed by atoms with Crippen molar-refractivity contribution in [1.29, 1.82) is 0 Å². The highest BCUT2D eigenvalue weighted by Gasteiger charge is 2.49. The number of unbranched alkanes of at least 4 members (excludes halogenated alkanes) is 20. The zero-order chi connectivity index (χ0) is 76.3. The number of fused-ring (bicyclic) bond motifs is 17. The van der Waals surface area contributed by atoms with E-state index in [2.05, 4.69) is 297 Å². The molecule has 2 heterocycles. The van der Waals surface area contributed by atoms with Crippen LogP contribution in [-0.2, 0) is 21.7 Å². The van der Waals surface area contributed by atoms with Crippen LogP contribution in [0.25, 0.3) is 88.4 Å². The summed E-state index contributed by atoms with van der Waals surface area (Å²) >= 11 is 0. The third-order valence-electron chi connectivity index (χ3n) is 26.4. The molecule has 111 heavy (non-hydrogen) atoms. The van der Waals surface area contributed by atoms with Crippen LogP contribution in [0, 0.1) is 0 Å². The fraction of sp³-hybridized carbons (Fsp3) is 0.383. The van der Waals surface area contributed by atoms with E-state index in [1.165, 1.54) is 250 Å². The second-order valence-corrected chi connectivity index (χ2v) is 35.1. The lowest BCUT2D eigenvalue weighted by molar-refractivity contribution is 0.394. The predicted molar refractivity (Wildman–Crippen MR) is 476 cm³/mol. The Morgan fingerprint density at radius 2 is 0.685 bits per heavy atom. The van der Waals surface area contributed by atoms with Crippen molar-refractivity contribution < 1.29 is 8.83 Å². The lowest BCUT2D eigenvalue weighted by Gasteiger charge is -2.35. The maximum Gasteiger partial charge on any atom is 0.143 e. The second kappa shape index (κ2) is 32.7. The Balaban J connectivity index is 0.908. The summed E-state index contributed by atoms with van der Waals surface area (Å²) < 4.78 is 14.1. The van der Waals surface area contributed by atoms with Gasteiger partial charge in [-0.2, -0.15) is 0 Å². The number of hydrogen-bond acceptors (Lipinski definition) is 4. The van der Waals surface area contributed by atoms with Crippen molar-refractivity contribution in [1.82, 2.24) is 0 Å². The highest BCUT2D eigenvalue weighted by molar-refractivity contribution is 6.19. The summed E-state index contributed by atoms with van der Waals surface area (Å²) in [5, 5.41) is 4.93. The van der Waals surface area contributed by atoms with Crippen molar-refractivity contribution in [3.05, 3.63) is 263 Å². The number of anilines is 6. The molecule has 0 atom stereocenters. The van der Waals surface area contributed by atoms with Crippen molar-refractivity contribution in [2.75, 3.05) is 9.80 Å². The summed E-state index contributed by atoms with van der Waals surface area (Å²) in [4.78, 5) is 5.03. The van der Waals surface area contributed by atoms with Gasteiger partial charge in [0.2, 0.25) is 0 Å². The van der Waals surface area contributed by atoms with E-state index < -0.39 is 0 Å². The topological polar surface area (TPSA) is 32.8 Å². The van der Waals surface area contributed by atoms with Gasteiger partial charge in [0.25, 0.3) is 0 Å². The molecule has 0 aliphatic heterocycles. The summed E-state index contributed by atoms with van der Waals surface area (Å²) in [6.07, 6.45) is 35.2. The number of benzene rings is 11. The van der Waals surface area contributed by atoms with Gasteiger partial charge >= 0.3 is 0 Å². The van der Waals surface area contributed by atoms with Crippen LogP contribution in [0.15, 0.2) is 233 Å². The van der Waals surface area contributed by atoms with Crippen LogP contribution in [0.5, 0.6) is 0 Å². The maximum atomic E-state index is 7.10. The van der Waals surface area contributed by atoms with Crippen molar-refractivity contribution >= 4 is 78.0 Å². The standard InChI is InChI=1S/C107H120N2O2/c1-10-14-18-22-26-40-66-106(67-41-27-23-19-15-11-2)90-64-65-98-101(85-48-36-38-50-96(85)110-98)100(90)89-74-93-88(73-94(89)106)83-62-60-82(71-92(83)107(93,68-42-28-24-20-16-12-3)69-43-29-25-21-17-13-4)109(80-58-56-79(57-59-80)108(77-44-32-30-33-45-77)78-46-34-31-35-47-78)81-61-63-84-91(70-81)105(8,9)95-72-87(75-52-54-76(55-53-75)104(5,6)7)103-102(99(84)95)86-49-37-39-51-97(86)111-103/h30-39,44-65,70-74H,10-29,40-43,66-69H2,1-9H3. The predicted octanol–water partition coefficient (Wildman–Crippen LogP) is 33.2. The molecule has 0 radical (unpaired) electrons. The summed E-state index contributed by atoms with van der Waals surface area (Å²) in [5.41, 5.74) is 31.0. The highest BCUT2D eigenvalue weighted by Crippen LogP contribution is 2.64. The Hall–Kier alpha value is -9.38. The van der Waals surface area contributed by atoms with E-state index in [-0.39, 0.29) is 21.7 Å². The Bertz CT molecular complexity index is 5320. The minimum atomic E-state index is -0.371. The van der Waals surface area contributed by atoms with Gasteiger partial charge in [-0.1, -0.05) is 332 Å². The molecule has 11 aromatic carbocycles. The van der Waals surface area contributed by atoms with E-state index in [1.54, 1.807) is 16.7 Å². The molecule has 0 N–H and O–H groups in total. The Morgan fingerprint density at radius 1 is 0.288 bits per heavy atom. The molecule has 0 spiro atoms. The molecular weight excluding hydrogens is 1350 g/mol. The highest BCUT2D eigenvalue weighted by atomic mass is 16.3. The van der Waals surface area contributed by atoms with Gasteiger partial charge in [0.05, 0.1) is 0 Å². The molecule has 0 saturated carbocycles. The number of hydrogen-bond donors (Lipinski definition) is 0. The quantitative estimate of drug-likeness (QED) is 0.0371. The van der Waals surface area contributed by atoms with Gasteiger partial charge in [-0.25, -0.2) is 0 Å². The first-order valence-corrected chi connectivity index (χ1v) is 43.6. The van der Waals surface area contributed by atoms with Crippen LogP contribution < -0.4 is 9.80 Å². The summed E-state index contributed by atoms with van der Waals surface area (Å²) in [7, 11) is 0. The van der Waals surface area contributed by atoms with Crippen LogP contribution in [0.2, 0.25) is 0 Å². The average molecular weight is 1470 g/mol. The van der Waals surface area contributed by atoms with Crippen LogP contribution in [0.1, 0.15) is 281 Å². The van der Waals surface area contributed by atoms with Gasteiger partial charge in [-0.3, -0.25) is 0 Å². The normalized spacial score (nSPS) is 14.1. The second-order valence-electron chi connectivity index (χ2n) is 35.1. The van der Waals surface area contributed by atoms with E-state index in [9.17, 15) is 0 Å². The van der Waals surface area contributed by atoms with Crippen molar-refractivity contribution in [3.8, 4) is 44.5 Å². The first-order valence-electron chi connectivity index (χ1n) is 43.6. The van der Waals surface area contributed by atoms with E-state index in [1.807, 2.05) is 0 Å². The molecule has 4 nitrogen and oxygen atoms in total. The van der Waals surface area contributed by atoms with Gasteiger partial charge in [0.15, 0.2) is 0 Å². The van der Waals surface area contributed by atoms with Crippen molar-refractivity contribution in [2.45, 2.75) is 264 Å². The Kier molecular flexibility index (Phi) is 22.3. The third kappa shape index (κ3) is 14.3. The molecule has 0 bridgehead atoms. The molecule has 4 heteroatoms. The molecule has 0 amide bonds. The number of furan rings is 2. The number of para-hydroxylation sites is 4. The first kappa shape index (κ1) is 75.6. The van der Waals surface area contributed by atoms with Crippen LogP contribution >= 0.6 is 0 Å². The number of rotatable bonds is 35. The fourth-order valence-electron chi connectivity index (χ4n) is 20.5. The molecule has 0 saturated heterocycles. The zero-order valence-electron chi connectivity index (χ0n) is 68.4. The zero-order valence-corrected chi connectivity index (χ0v) is 68.4. The molecule has 570 valence electrons. The largest absolute Gasteiger partial charge is 0.456 e. The minimum absolute atomic E-state index is 0.0354. The number of nitrogens with zero attached hydrogens (tertiary/aromatic N) is 2. The Morgan fingerprint density at radius 3 is 1.22 bits per heavy atom. The minimum Gasteiger partial charge on any atom is -0.456 e. The first-order chi connectivity index (χ1) is 54.3. The van der Waals surface area contributed by atoms with E-state index in [4.69, 9.17) is 8.83 Å². The van der Waals surface area contributed by atoms with Gasteiger partial charge < -0.3 is 18.6 Å². The van der Waals surface area contributed by atoms with Gasteiger partial charge in [0, 0.05) is 77.5 Å². The molecular formula is C107H120N2O2. The molecule has 13 aromatic rings. The maximum absolute atomic E-state index is 7.10. The fourth-order valence-corrected chi connectivity index (χ4v) is 20.5. The van der Waals surface area contributed by atoms with E-state index in [0.29, 0.717) is 0 Å². The summed E-state index contributed by atoms with van der Waals surface area (Å²) in [6.45, 7) is 21.3. The summed E-state index contributed by atoms with van der Waals surface area (Å²) in [6, 6.07) is 86.7. The van der Waals surface area contributed by atoms with Crippen LogP contribution in [-0.4, -0.2) is 0 Å². The van der Waals surface area contributed by atoms with E-state index in [0.717, 1.165) is 74.6 Å².